The lowest BCUT2D eigenvalue weighted by atomic mass is 9.79. The van der Waals surface area contributed by atoms with Gasteiger partial charge >= 0.3 is 0 Å². The second kappa shape index (κ2) is 6.95. The molecule has 3 heteroatoms. The Labute approximate surface area is 110 Å². The Bertz CT molecular complexity index is 348. The predicted octanol–water partition coefficient (Wildman–Crippen LogP) is 2.40. The molecule has 18 heavy (non-hydrogen) atoms. The third-order valence-corrected chi connectivity index (χ3v) is 4.21. The molecular weight excluding hydrogens is 224 g/mol. The largest absolute Gasteiger partial charge is 0.396 e. The van der Waals surface area contributed by atoms with Crippen molar-refractivity contribution >= 4 is 0 Å². The molecule has 0 saturated heterocycles. The van der Waals surface area contributed by atoms with Crippen molar-refractivity contribution in [3.05, 3.63) is 24.0 Å². The molecule has 0 aromatic carbocycles. The first kappa shape index (κ1) is 13.6. The van der Waals surface area contributed by atoms with Crippen LogP contribution in [0.15, 0.2) is 18.5 Å². The highest BCUT2D eigenvalue weighted by Gasteiger charge is 2.23. The summed E-state index contributed by atoms with van der Waals surface area (Å²) in [5.74, 6) is 1.18. The van der Waals surface area contributed by atoms with Gasteiger partial charge in [-0.25, -0.2) is 0 Å². The standard InChI is InChI=1S/C15H26N2O/c1-2-17-8-7-13(11-17)9-16-10-14-5-3-4-6-15(14)12-18/h7-8,11,14-16,18H,2-6,9-10,12H2,1H3. The van der Waals surface area contributed by atoms with Crippen LogP contribution in [0, 0.1) is 11.8 Å². The first-order valence-corrected chi connectivity index (χ1v) is 7.29. The van der Waals surface area contributed by atoms with Crippen LogP contribution in [-0.2, 0) is 13.1 Å². The molecule has 1 saturated carbocycles. The minimum absolute atomic E-state index is 0.360. The van der Waals surface area contributed by atoms with Crippen LogP contribution in [0.25, 0.3) is 0 Å². The van der Waals surface area contributed by atoms with Crippen LogP contribution >= 0.6 is 0 Å². The van der Waals surface area contributed by atoms with E-state index < -0.39 is 0 Å². The van der Waals surface area contributed by atoms with E-state index in [1.165, 1.54) is 31.2 Å². The van der Waals surface area contributed by atoms with E-state index in [2.05, 4.69) is 35.3 Å². The second-order valence-corrected chi connectivity index (χ2v) is 5.47. The molecular formula is C15H26N2O. The summed E-state index contributed by atoms with van der Waals surface area (Å²) in [6.07, 6.45) is 9.44. The summed E-state index contributed by atoms with van der Waals surface area (Å²) < 4.78 is 2.20. The van der Waals surface area contributed by atoms with Gasteiger partial charge in [0.15, 0.2) is 0 Å². The lowest BCUT2D eigenvalue weighted by Crippen LogP contribution is -2.32. The summed E-state index contributed by atoms with van der Waals surface area (Å²) in [7, 11) is 0. The fraction of sp³-hybridized carbons (Fsp3) is 0.733. The summed E-state index contributed by atoms with van der Waals surface area (Å²) in [6, 6.07) is 2.18. The molecule has 2 atom stereocenters. The van der Waals surface area contributed by atoms with Gasteiger partial charge in [0.05, 0.1) is 0 Å². The number of hydrogen-bond acceptors (Lipinski definition) is 2. The fourth-order valence-corrected chi connectivity index (χ4v) is 2.99. The maximum Gasteiger partial charge on any atom is 0.0462 e. The molecule has 0 bridgehead atoms. The van der Waals surface area contributed by atoms with Crippen LogP contribution in [0.4, 0.5) is 0 Å². The average Bonchev–Trinajstić information content (AvgIpc) is 2.87. The van der Waals surface area contributed by atoms with Crippen LogP contribution in [0.5, 0.6) is 0 Å². The number of hydrogen-bond donors (Lipinski definition) is 2. The molecule has 1 aromatic rings. The first-order valence-electron chi connectivity index (χ1n) is 7.29. The molecule has 1 aromatic heterocycles. The quantitative estimate of drug-likeness (QED) is 0.813. The zero-order valence-electron chi connectivity index (χ0n) is 11.4. The molecule has 3 nitrogen and oxygen atoms in total. The normalized spacial score (nSPS) is 24.3. The number of rotatable bonds is 6. The van der Waals surface area contributed by atoms with E-state index in [1.54, 1.807) is 0 Å². The number of aliphatic hydroxyl groups excluding tert-OH is 1. The van der Waals surface area contributed by atoms with E-state index in [0.717, 1.165) is 19.6 Å². The van der Waals surface area contributed by atoms with Gasteiger partial charge in [0.2, 0.25) is 0 Å². The SMILES string of the molecule is CCn1ccc(CNCC2CCCCC2CO)c1. The minimum atomic E-state index is 0.360. The van der Waals surface area contributed by atoms with Crippen molar-refractivity contribution in [1.82, 2.24) is 9.88 Å². The molecule has 2 rings (SSSR count). The van der Waals surface area contributed by atoms with Crippen molar-refractivity contribution in [3.8, 4) is 0 Å². The molecule has 1 aliphatic rings. The third kappa shape index (κ3) is 3.59. The van der Waals surface area contributed by atoms with Crippen LogP contribution in [0.2, 0.25) is 0 Å². The van der Waals surface area contributed by atoms with E-state index in [4.69, 9.17) is 0 Å². The molecule has 1 fully saturated rings. The van der Waals surface area contributed by atoms with Crippen molar-refractivity contribution < 1.29 is 5.11 Å². The Balaban J connectivity index is 1.73. The summed E-state index contributed by atoms with van der Waals surface area (Å²) in [5.41, 5.74) is 1.35. The van der Waals surface area contributed by atoms with Gasteiger partial charge in [0, 0.05) is 32.1 Å². The predicted molar refractivity (Wildman–Crippen MR) is 74.3 cm³/mol. The fourth-order valence-electron chi connectivity index (χ4n) is 2.99. The highest BCUT2D eigenvalue weighted by molar-refractivity contribution is 5.09. The Hall–Kier alpha value is -0.800. The highest BCUT2D eigenvalue weighted by Crippen LogP contribution is 2.29. The first-order chi connectivity index (χ1) is 8.83. The lowest BCUT2D eigenvalue weighted by Gasteiger charge is -2.30. The lowest BCUT2D eigenvalue weighted by molar-refractivity contribution is 0.133. The third-order valence-electron chi connectivity index (χ3n) is 4.21. The maximum absolute atomic E-state index is 9.38. The number of aliphatic hydroxyl groups is 1. The van der Waals surface area contributed by atoms with E-state index in [1.807, 2.05) is 0 Å². The molecule has 0 spiro atoms. The molecule has 0 amide bonds. The van der Waals surface area contributed by atoms with E-state index in [-0.39, 0.29) is 0 Å². The van der Waals surface area contributed by atoms with Gasteiger partial charge in [-0.2, -0.15) is 0 Å². The van der Waals surface area contributed by atoms with Gasteiger partial charge in [-0.05, 0) is 49.8 Å². The van der Waals surface area contributed by atoms with Gasteiger partial charge in [-0.3, -0.25) is 0 Å². The van der Waals surface area contributed by atoms with Crippen molar-refractivity contribution in [1.29, 1.82) is 0 Å². The summed E-state index contributed by atoms with van der Waals surface area (Å²) >= 11 is 0. The summed E-state index contributed by atoms with van der Waals surface area (Å²) in [6.45, 7) is 5.54. The Morgan fingerprint density at radius 1 is 1.33 bits per heavy atom. The number of nitrogens with one attached hydrogen (secondary N) is 1. The number of aryl methyl sites for hydroxylation is 1. The zero-order valence-corrected chi connectivity index (χ0v) is 11.4. The molecule has 2 unspecified atom stereocenters. The minimum Gasteiger partial charge on any atom is -0.396 e. The second-order valence-electron chi connectivity index (χ2n) is 5.47. The number of aromatic nitrogens is 1. The van der Waals surface area contributed by atoms with E-state index in [0.29, 0.717) is 18.4 Å². The molecule has 1 heterocycles. The molecule has 0 radical (unpaired) electrons. The average molecular weight is 250 g/mol. The Morgan fingerprint density at radius 2 is 2.11 bits per heavy atom. The van der Waals surface area contributed by atoms with E-state index in [9.17, 15) is 5.11 Å². The zero-order chi connectivity index (χ0) is 12.8. The van der Waals surface area contributed by atoms with Crippen molar-refractivity contribution in [2.75, 3.05) is 13.2 Å². The molecule has 2 N–H and O–H groups in total. The molecule has 1 aliphatic carbocycles. The van der Waals surface area contributed by atoms with Crippen LogP contribution < -0.4 is 5.32 Å². The van der Waals surface area contributed by atoms with Gasteiger partial charge in [-0.1, -0.05) is 12.8 Å². The maximum atomic E-state index is 9.38. The monoisotopic (exact) mass is 250 g/mol. The van der Waals surface area contributed by atoms with Gasteiger partial charge in [-0.15, -0.1) is 0 Å². The van der Waals surface area contributed by atoms with Crippen LogP contribution in [0.1, 0.15) is 38.2 Å². The number of nitrogens with zero attached hydrogens (tertiary/aromatic N) is 1. The molecule has 0 aliphatic heterocycles. The van der Waals surface area contributed by atoms with Gasteiger partial charge < -0.3 is 15.0 Å². The molecule has 102 valence electrons. The van der Waals surface area contributed by atoms with E-state index >= 15 is 0 Å². The Morgan fingerprint density at radius 3 is 2.78 bits per heavy atom. The van der Waals surface area contributed by atoms with Gasteiger partial charge in [0.25, 0.3) is 0 Å². The topological polar surface area (TPSA) is 37.2 Å². The van der Waals surface area contributed by atoms with Crippen molar-refractivity contribution in [2.45, 2.75) is 45.7 Å². The van der Waals surface area contributed by atoms with Gasteiger partial charge in [0.1, 0.15) is 0 Å². The summed E-state index contributed by atoms with van der Waals surface area (Å²) in [5, 5.41) is 12.9. The summed E-state index contributed by atoms with van der Waals surface area (Å²) in [4.78, 5) is 0. The van der Waals surface area contributed by atoms with Crippen LogP contribution in [-0.4, -0.2) is 22.8 Å². The van der Waals surface area contributed by atoms with Crippen molar-refractivity contribution in [3.63, 3.8) is 0 Å². The highest BCUT2D eigenvalue weighted by atomic mass is 16.3. The van der Waals surface area contributed by atoms with Crippen molar-refractivity contribution in [2.24, 2.45) is 11.8 Å². The van der Waals surface area contributed by atoms with Crippen LogP contribution in [0.3, 0.4) is 0 Å². The smallest absolute Gasteiger partial charge is 0.0462 e. The Kier molecular flexibility index (Phi) is 5.26.